The number of nitrogens with zero attached hydrogens (tertiary/aromatic N) is 6. The van der Waals surface area contributed by atoms with Crippen LogP contribution < -0.4 is 4.74 Å². The summed E-state index contributed by atoms with van der Waals surface area (Å²) in [5.41, 5.74) is 2.89. The summed E-state index contributed by atoms with van der Waals surface area (Å²) in [5.74, 6) is 1.08. The van der Waals surface area contributed by atoms with Crippen LogP contribution in [0.15, 0.2) is 43.0 Å². The number of aromatic nitrogens is 5. The van der Waals surface area contributed by atoms with Crippen molar-refractivity contribution in [2.24, 2.45) is 5.92 Å². The Kier molecular flexibility index (Phi) is 4.69. The molecule has 3 unspecified atom stereocenters. The number of ether oxygens (including phenoxy) is 1. The summed E-state index contributed by atoms with van der Waals surface area (Å²) >= 11 is 0. The summed E-state index contributed by atoms with van der Waals surface area (Å²) in [4.78, 5) is 25.8. The van der Waals surface area contributed by atoms with Gasteiger partial charge in [0.2, 0.25) is 0 Å². The van der Waals surface area contributed by atoms with Crippen LogP contribution in [0.2, 0.25) is 0 Å². The third-order valence-electron chi connectivity index (χ3n) is 6.19. The van der Waals surface area contributed by atoms with Crippen molar-refractivity contribution in [3.8, 4) is 11.4 Å². The molecule has 2 saturated heterocycles. The molecule has 30 heavy (non-hydrogen) atoms. The molecule has 3 atom stereocenters. The third kappa shape index (κ3) is 3.22. The van der Waals surface area contributed by atoms with Crippen molar-refractivity contribution >= 4 is 5.91 Å². The Morgan fingerprint density at radius 2 is 1.97 bits per heavy atom. The Bertz CT molecular complexity index is 1070. The molecular formula is C22H24N6O2. The predicted octanol–water partition coefficient (Wildman–Crippen LogP) is 2.75. The first-order valence-electron chi connectivity index (χ1n) is 10.3. The maximum absolute atomic E-state index is 13.6. The highest BCUT2D eigenvalue weighted by Gasteiger charge is 2.49. The summed E-state index contributed by atoms with van der Waals surface area (Å²) in [5, 5.41) is 8.39. The van der Waals surface area contributed by atoms with E-state index in [1.807, 2.05) is 36.9 Å². The quantitative estimate of drug-likeness (QED) is 0.650. The van der Waals surface area contributed by atoms with Crippen LogP contribution in [0.5, 0.6) is 5.75 Å². The van der Waals surface area contributed by atoms with Gasteiger partial charge in [0.15, 0.2) is 5.69 Å². The summed E-state index contributed by atoms with van der Waals surface area (Å²) in [6, 6.07) is 6.08. The van der Waals surface area contributed by atoms with Gasteiger partial charge in [0.05, 0.1) is 25.2 Å². The van der Waals surface area contributed by atoms with Crippen molar-refractivity contribution in [3.63, 3.8) is 0 Å². The van der Waals surface area contributed by atoms with E-state index in [2.05, 4.69) is 20.2 Å². The Balaban J connectivity index is 1.37. The molecule has 5 heterocycles. The Morgan fingerprint density at radius 1 is 1.13 bits per heavy atom. The molecule has 3 aromatic rings. The first-order chi connectivity index (χ1) is 14.6. The standard InChI is InChI=1S/C22H24N6O2/c1-14-7-8-23-12-20(14)30-13-16-11-17-4-6-18(16)27(17)22(29)21-19(5-3-15(2)26-21)28-24-9-10-25-28/h3,5,7-10,12,16-18H,4,6,11,13H2,1-2H3. The van der Waals surface area contributed by atoms with E-state index in [4.69, 9.17) is 4.74 Å². The number of pyridine rings is 2. The van der Waals surface area contributed by atoms with Crippen LogP contribution in [0.3, 0.4) is 0 Å². The van der Waals surface area contributed by atoms with Crippen molar-refractivity contribution < 1.29 is 9.53 Å². The lowest BCUT2D eigenvalue weighted by Crippen LogP contribution is -2.38. The first kappa shape index (κ1) is 18.7. The van der Waals surface area contributed by atoms with Crippen molar-refractivity contribution in [2.45, 2.75) is 45.2 Å². The SMILES string of the molecule is Cc1ccc(-n2nccn2)c(C(=O)N2C3CCC2C(COc2cnccc2C)C3)n1. The average Bonchev–Trinajstić information content (AvgIpc) is 3.49. The van der Waals surface area contributed by atoms with E-state index < -0.39 is 0 Å². The van der Waals surface area contributed by atoms with E-state index in [0.717, 1.165) is 36.3 Å². The molecule has 1 amide bonds. The lowest BCUT2D eigenvalue weighted by Gasteiger charge is -2.25. The molecule has 0 spiro atoms. The van der Waals surface area contributed by atoms with Crippen LogP contribution in [0, 0.1) is 19.8 Å². The molecule has 8 nitrogen and oxygen atoms in total. The Labute approximate surface area is 174 Å². The van der Waals surface area contributed by atoms with Crippen molar-refractivity contribution in [3.05, 3.63) is 59.9 Å². The molecule has 2 aliphatic rings. The summed E-state index contributed by atoms with van der Waals surface area (Å²) < 4.78 is 6.07. The zero-order valence-corrected chi connectivity index (χ0v) is 17.1. The normalized spacial score (nSPS) is 22.5. The van der Waals surface area contributed by atoms with Crippen LogP contribution >= 0.6 is 0 Å². The molecule has 0 saturated carbocycles. The summed E-state index contributed by atoms with van der Waals surface area (Å²) in [6.07, 6.45) is 9.70. The molecule has 2 fully saturated rings. The van der Waals surface area contributed by atoms with E-state index in [1.165, 1.54) is 4.80 Å². The highest BCUT2D eigenvalue weighted by atomic mass is 16.5. The second kappa shape index (κ2) is 7.51. The third-order valence-corrected chi connectivity index (χ3v) is 6.19. The van der Waals surface area contributed by atoms with Gasteiger partial charge in [0.25, 0.3) is 5.91 Å². The number of carbonyl (C=O) groups is 1. The molecule has 2 bridgehead atoms. The van der Waals surface area contributed by atoms with Gasteiger partial charge in [-0.2, -0.15) is 10.2 Å². The summed E-state index contributed by atoms with van der Waals surface area (Å²) in [7, 11) is 0. The molecule has 5 rings (SSSR count). The van der Waals surface area contributed by atoms with Gasteiger partial charge in [-0.15, -0.1) is 4.80 Å². The van der Waals surface area contributed by atoms with Crippen LogP contribution in [0.4, 0.5) is 0 Å². The minimum absolute atomic E-state index is 0.0430. The van der Waals surface area contributed by atoms with Gasteiger partial charge in [0.1, 0.15) is 11.4 Å². The maximum Gasteiger partial charge on any atom is 0.275 e. The first-order valence-corrected chi connectivity index (χ1v) is 10.3. The zero-order chi connectivity index (χ0) is 20.7. The average molecular weight is 404 g/mol. The lowest BCUT2D eigenvalue weighted by atomic mass is 9.90. The monoisotopic (exact) mass is 404 g/mol. The fraction of sp³-hybridized carbons (Fsp3) is 0.409. The minimum Gasteiger partial charge on any atom is -0.491 e. The van der Waals surface area contributed by atoms with E-state index in [9.17, 15) is 4.79 Å². The number of rotatable bonds is 5. The number of fused-ring (bicyclic) bond motifs is 2. The molecule has 0 aliphatic carbocycles. The Hall–Kier alpha value is -3.29. The topological polar surface area (TPSA) is 86.0 Å². The summed E-state index contributed by atoms with van der Waals surface area (Å²) in [6.45, 7) is 4.50. The fourth-order valence-corrected chi connectivity index (χ4v) is 4.74. The van der Waals surface area contributed by atoms with E-state index in [-0.39, 0.29) is 18.0 Å². The minimum atomic E-state index is -0.0430. The van der Waals surface area contributed by atoms with Gasteiger partial charge in [-0.25, -0.2) is 4.98 Å². The second-order valence-electron chi connectivity index (χ2n) is 8.10. The van der Waals surface area contributed by atoms with Gasteiger partial charge in [-0.05, 0) is 56.9 Å². The molecule has 2 aliphatic heterocycles. The van der Waals surface area contributed by atoms with Gasteiger partial charge < -0.3 is 9.64 Å². The van der Waals surface area contributed by atoms with Gasteiger partial charge in [-0.3, -0.25) is 9.78 Å². The zero-order valence-electron chi connectivity index (χ0n) is 17.1. The van der Waals surface area contributed by atoms with E-state index in [0.29, 0.717) is 23.9 Å². The van der Waals surface area contributed by atoms with E-state index >= 15 is 0 Å². The van der Waals surface area contributed by atoms with E-state index in [1.54, 1.807) is 24.8 Å². The fourth-order valence-electron chi connectivity index (χ4n) is 4.74. The number of carbonyl (C=O) groups excluding carboxylic acids is 1. The molecular weight excluding hydrogens is 380 g/mol. The molecule has 3 aromatic heterocycles. The molecule has 0 N–H and O–H groups in total. The predicted molar refractivity (Wildman–Crippen MR) is 109 cm³/mol. The number of hydrogen-bond acceptors (Lipinski definition) is 6. The van der Waals surface area contributed by atoms with Crippen LogP contribution in [0.1, 0.15) is 41.0 Å². The maximum atomic E-state index is 13.6. The van der Waals surface area contributed by atoms with Crippen LogP contribution in [-0.4, -0.2) is 54.5 Å². The number of aryl methyl sites for hydroxylation is 2. The molecule has 154 valence electrons. The smallest absolute Gasteiger partial charge is 0.275 e. The Morgan fingerprint density at radius 3 is 2.77 bits per heavy atom. The van der Waals surface area contributed by atoms with Crippen LogP contribution in [-0.2, 0) is 0 Å². The number of hydrogen-bond donors (Lipinski definition) is 0. The second-order valence-corrected chi connectivity index (χ2v) is 8.10. The highest BCUT2D eigenvalue weighted by Crippen LogP contribution is 2.43. The number of amides is 1. The van der Waals surface area contributed by atoms with Crippen molar-refractivity contribution in [1.29, 1.82) is 0 Å². The highest BCUT2D eigenvalue weighted by molar-refractivity contribution is 5.96. The lowest BCUT2D eigenvalue weighted by molar-refractivity contribution is 0.0703. The largest absolute Gasteiger partial charge is 0.491 e. The molecule has 0 aromatic carbocycles. The van der Waals surface area contributed by atoms with Crippen molar-refractivity contribution in [2.75, 3.05) is 6.61 Å². The molecule has 8 heteroatoms. The van der Waals surface area contributed by atoms with Crippen LogP contribution in [0.25, 0.3) is 5.69 Å². The van der Waals surface area contributed by atoms with Gasteiger partial charge >= 0.3 is 0 Å². The van der Waals surface area contributed by atoms with Crippen molar-refractivity contribution in [1.82, 2.24) is 29.9 Å². The van der Waals surface area contributed by atoms with Gasteiger partial charge in [-0.1, -0.05) is 0 Å². The molecule has 0 radical (unpaired) electrons. The van der Waals surface area contributed by atoms with Gasteiger partial charge in [0, 0.05) is 29.9 Å².